The first-order valence-electron chi connectivity index (χ1n) is 9.15. The van der Waals surface area contributed by atoms with Crippen LogP contribution in [-0.4, -0.2) is 54.7 Å². The van der Waals surface area contributed by atoms with E-state index >= 15 is 0 Å². The summed E-state index contributed by atoms with van der Waals surface area (Å²) in [6.45, 7) is 12.8. The Morgan fingerprint density at radius 1 is 1.40 bits per heavy atom. The number of aromatic amines is 1. The first kappa shape index (κ1) is 18.0. The van der Waals surface area contributed by atoms with Crippen molar-refractivity contribution >= 4 is 16.8 Å². The van der Waals surface area contributed by atoms with Gasteiger partial charge in [-0.25, -0.2) is 0 Å². The fourth-order valence-electron chi connectivity index (χ4n) is 3.50. The van der Waals surface area contributed by atoms with E-state index in [9.17, 15) is 4.79 Å². The fraction of sp³-hybridized carbons (Fsp3) is 0.550. The molecule has 1 amide bonds. The first-order valence-corrected chi connectivity index (χ1v) is 9.15. The molecule has 1 fully saturated rings. The molecule has 3 rings (SSSR count). The third-order valence-electron chi connectivity index (χ3n) is 4.91. The number of benzene rings is 1. The van der Waals surface area contributed by atoms with Crippen LogP contribution in [0, 0.1) is 19.8 Å². The third kappa shape index (κ3) is 4.22. The van der Waals surface area contributed by atoms with Crippen LogP contribution < -0.4 is 5.32 Å². The minimum atomic E-state index is -0.0373. The summed E-state index contributed by atoms with van der Waals surface area (Å²) in [6.07, 6.45) is 0.0661. The maximum Gasteiger partial charge on any atom is 0.251 e. The predicted molar refractivity (Wildman–Crippen MR) is 101 cm³/mol. The third-order valence-corrected chi connectivity index (χ3v) is 4.91. The number of nitrogens with one attached hydrogen (secondary N) is 2. The maximum absolute atomic E-state index is 12.5. The smallest absolute Gasteiger partial charge is 0.251 e. The minimum Gasteiger partial charge on any atom is -0.374 e. The van der Waals surface area contributed by atoms with E-state index in [1.165, 1.54) is 5.56 Å². The molecule has 2 heterocycles. The van der Waals surface area contributed by atoms with Crippen molar-refractivity contribution in [1.82, 2.24) is 15.2 Å². The van der Waals surface area contributed by atoms with E-state index in [4.69, 9.17) is 4.74 Å². The van der Waals surface area contributed by atoms with Crippen LogP contribution >= 0.6 is 0 Å². The van der Waals surface area contributed by atoms with Crippen molar-refractivity contribution in [2.45, 2.75) is 33.8 Å². The lowest BCUT2D eigenvalue weighted by molar-refractivity contribution is -0.0295. The highest BCUT2D eigenvalue weighted by atomic mass is 16.5. The lowest BCUT2D eigenvalue weighted by Crippen LogP contribution is -2.48. The molecule has 1 aromatic carbocycles. The van der Waals surface area contributed by atoms with Crippen molar-refractivity contribution in [1.29, 1.82) is 0 Å². The highest BCUT2D eigenvalue weighted by Crippen LogP contribution is 2.22. The molecule has 25 heavy (non-hydrogen) atoms. The zero-order valence-electron chi connectivity index (χ0n) is 15.7. The highest BCUT2D eigenvalue weighted by Gasteiger charge is 2.21. The van der Waals surface area contributed by atoms with Crippen molar-refractivity contribution < 1.29 is 9.53 Å². The standard InChI is InChI=1S/C20H29N3O2/c1-13(2)11-23-7-8-25-17(12-23)10-21-20(24)16-5-6-19-18(9-16)14(3)15(4)22-19/h5-6,9,13,17,22H,7-8,10-12H2,1-4H3,(H,21,24)/t17-/m1/s1. The van der Waals surface area contributed by atoms with Crippen LogP contribution in [0.1, 0.15) is 35.5 Å². The Bertz CT molecular complexity index is 751. The molecule has 0 spiro atoms. The van der Waals surface area contributed by atoms with Gasteiger partial charge < -0.3 is 15.0 Å². The molecule has 1 aliphatic heterocycles. The quantitative estimate of drug-likeness (QED) is 0.878. The SMILES string of the molecule is Cc1[nH]c2ccc(C(=O)NC[C@@H]3CN(CC(C)C)CCO3)cc2c1C. The van der Waals surface area contributed by atoms with Gasteiger partial charge in [0.25, 0.3) is 5.91 Å². The van der Waals surface area contributed by atoms with Gasteiger partial charge in [0.2, 0.25) is 0 Å². The van der Waals surface area contributed by atoms with Crippen molar-refractivity contribution in [3.05, 3.63) is 35.0 Å². The van der Waals surface area contributed by atoms with E-state index < -0.39 is 0 Å². The molecule has 136 valence electrons. The number of hydrogen-bond acceptors (Lipinski definition) is 3. The van der Waals surface area contributed by atoms with Gasteiger partial charge in [-0.3, -0.25) is 9.69 Å². The second kappa shape index (κ2) is 7.58. The van der Waals surface area contributed by atoms with Gasteiger partial charge in [-0.2, -0.15) is 0 Å². The summed E-state index contributed by atoms with van der Waals surface area (Å²) in [7, 11) is 0. The molecule has 2 N–H and O–H groups in total. The van der Waals surface area contributed by atoms with E-state index in [-0.39, 0.29) is 12.0 Å². The van der Waals surface area contributed by atoms with E-state index in [2.05, 4.69) is 42.9 Å². The number of amides is 1. The molecular formula is C20H29N3O2. The Morgan fingerprint density at radius 2 is 2.20 bits per heavy atom. The van der Waals surface area contributed by atoms with Gasteiger partial charge >= 0.3 is 0 Å². The molecule has 0 radical (unpaired) electrons. The van der Waals surface area contributed by atoms with Crippen molar-refractivity contribution in [3.63, 3.8) is 0 Å². The van der Waals surface area contributed by atoms with E-state index in [0.717, 1.165) is 42.8 Å². The Hall–Kier alpha value is -1.85. The number of ether oxygens (including phenoxy) is 1. The lowest BCUT2D eigenvalue weighted by atomic mass is 10.1. The maximum atomic E-state index is 12.5. The average molecular weight is 343 g/mol. The zero-order valence-corrected chi connectivity index (χ0v) is 15.7. The molecule has 0 aliphatic carbocycles. The van der Waals surface area contributed by atoms with Gasteiger partial charge in [0.05, 0.1) is 12.7 Å². The van der Waals surface area contributed by atoms with Crippen LogP contribution in [0.4, 0.5) is 0 Å². The molecule has 1 aromatic heterocycles. The number of aryl methyl sites for hydroxylation is 2. The number of carbonyl (C=O) groups excluding carboxylic acids is 1. The normalized spacial score (nSPS) is 18.8. The van der Waals surface area contributed by atoms with Crippen LogP contribution in [0.15, 0.2) is 18.2 Å². The number of hydrogen-bond donors (Lipinski definition) is 2. The Labute approximate surface area is 149 Å². The van der Waals surface area contributed by atoms with Crippen LogP contribution in [0.3, 0.4) is 0 Å². The second-order valence-corrected chi connectivity index (χ2v) is 7.49. The number of H-pyrrole nitrogens is 1. The van der Waals surface area contributed by atoms with Crippen LogP contribution in [0.2, 0.25) is 0 Å². The number of morpholine rings is 1. The number of nitrogens with zero attached hydrogens (tertiary/aromatic N) is 1. The predicted octanol–water partition coefficient (Wildman–Crippen LogP) is 2.87. The van der Waals surface area contributed by atoms with Gasteiger partial charge in [0.15, 0.2) is 0 Å². The van der Waals surface area contributed by atoms with Crippen LogP contribution in [-0.2, 0) is 4.74 Å². The summed E-state index contributed by atoms with van der Waals surface area (Å²) in [5.41, 5.74) is 4.12. The number of fused-ring (bicyclic) bond motifs is 1. The van der Waals surface area contributed by atoms with Crippen molar-refractivity contribution in [3.8, 4) is 0 Å². The van der Waals surface area contributed by atoms with Gasteiger partial charge in [-0.05, 0) is 43.5 Å². The monoisotopic (exact) mass is 343 g/mol. The summed E-state index contributed by atoms with van der Waals surface area (Å²) in [5, 5.41) is 4.15. The first-order chi connectivity index (χ1) is 11.9. The van der Waals surface area contributed by atoms with Crippen LogP contribution in [0.25, 0.3) is 10.9 Å². The van der Waals surface area contributed by atoms with Gasteiger partial charge in [-0.15, -0.1) is 0 Å². The summed E-state index contributed by atoms with van der Waals surface area (Å²) >= 11 is 0. The van der Waals surface area contributed by atoms with Gasteiger partial charge in [0, 0.05) is 48.3 Å². The number of aromatic nitrogens is 1. The fourth-order valence-corrected chi connectivity index (χ4v) is 3.50. The zero-order chi connectivity index (χ0) is 18.0. The molecule has 2 aromatic rings. The Kier molecular flexibility index (Phi) is 5.45. The number of carbonyl (C=O) groups is 1. The van der Waals surface area contributed by atoms with E-state index in [0.29, 0.717) is 18.0 Å². The summed E-state index contributed by atoms with van der Waals surface area (Å²) < 4.78 is 5.81. The molecule has 1 saturated heterocycles. The summed E-state index contributed by atoms with van der Waals surface area (Å²) in [6, 6.07) is 5.82. The second-order valence-electron chi connectivity index (χ2n) is 7.49. The average Bonchev–Trinajstić information content (AvgIpc) is 2.86. The van der Waals surface area contributed by atoms with Gasteiger partial charge in [-0.1, -0.05) is 13.8 Å². The Balaban J connectivity index is 1.60. The van der Waals surface area contributed by atoms with E-state index in [1.807, 2.05) is 18.2 Å². The molecule has 0 bridgehead atoms. The summed E-state index contributed by atoms with van der Waals surface area (Å²) in [4.78, 5) is 18.3. The van der Waals surface area contributed by atoms with Crippen molar-refractivity contribution in [2.24, 2.45) is 5.92 Å². The van der Waals surface area contributed by atoms with E-state index in [1.54, 1.807) is 0 Å². The molecule has 0 unspecified atom stereocenters. The molecule has 1 aliphatic rings. The van der Waals surface area contributed by atoms with Crippen LogP contribution in [0.5, 0.6) is 0 Å². The number of rotatable bonds is 5. The molecule has 5 nitrogen and oxygen atoms in total. The summed E-state index contributed by atoms with van der Waals surface area (Å²) in [5.74, 6) is 0.609. The Morgan fingerprint density at radius 3 is 2.96 bits per heavy atom. The highest BCUT2D eigenvalue weighted by molar-refractivity contribution is 5.99. The molecule has 0 saturated carbocycles. The van der Waals surface area contributed by atoms with Crippen molar-refractivity contribution in [2.75, 3.05) is 32.8 Å². The topological polar surface area (TPSA) is 57.4 Å². The largest absolute Gasteiger partial charge is 0.374 e. The molecular weight excluding hydrogens is 314 g/mol. The molecule has 5 heteroatoms. The molecule has 1 atom stereocenters. The van der Waals surface area contributed by atoms with Gasteiger partial charge in [0.1, 0.15) is 0 Å². The minimum absolute atomic E-state index is 0.0373. The lowest BCUT2D eigenvalue weighted by Gasteiger charge is -2.33.